The van der Waals surface area contributed by atoms with Gasteiger partial charge in [-0.25, -0.2) is 13.9 Å². The fourth-order valence-corrected chi connectivity index (χ4v) is 3.12. The molecule has 4 rings (SSSR count). The van der Waals surface area contributed by atoms with Gasteiger partial charge >= 0.3 is 6.09 Å². The average Bonchev–Trinajstić information content (AvgIpc) is 3.36. The number of hydrogen-bond acceptors (Lipinski definition) is 5. The third kappa shape index (κ3) is 3.66. The van der Waals surface area contributed by atoms with E-state index in [1.165, 1.54) is 11.0 Å². The largest absolute Gasteiger partial charge is 0.444 e. The molecule has 1 aliphatic heterocycles. The smallest absolute Gasteiger partial charge is 0.414 e. The number of halogens is 1. The molecular formula is C20H20FN5O2. The standard InChI is InChI=1S/C20H20FN5O2/c1-2-17-11-26(20(27)28-17)16-7-8-18(19(21)9-16)15-5-3-14(4-6-15)10-24-25-12-22-23-13-25/h3-9,12-13,17,24H,2,10-11H2,1H3/t17-/m0/s1. The van der Waals surface area contributed by atoms with Crippen LogP contribution in [0.5, 0.6) is 0 Å². The van der Waals surface area contributed by atoms with Crippen LogP contribution < -0.4 is 10.3 Å². The number of carbonyl (C=O) groups is 1. The van der Waals surface area contributed by atoms with E-state index in [4.69, 9.17) is 4.74 Å². The van der Waals surface area contributed by atoms with Crippen molar-refractivity contribution in [3.05, 3.63) is 66.5 Å². The SMILES string of the molecule is CC[C@H]1CN(c2ccc(-c3ccc(CNn4cnnc4)cc3)c(F)c2)C(=O)O1. The van der Waals surface area contributed by atoms with Crippen LogP contribution in [-0.2, 0) is 11.3 Å². The fraction of sp³-hybridized carbons (Fsp3) is 0.250. The van der Waals surface area contributed by atoms with Gasteiger partial charge in [0.15, 0.2) is 0 Å². The minimum atomic E-state index is -0.427. The molecule has 1 amide bonds. The zero-order valence-corrected chi connectivity index (χ0v) is 15.4. The Labute approximate surface area is 161 Å². The summed E-state index contributed by atoms with van der Waals surface area (Å²) >= 11 is 0. The summed E-state index contributed by atoms with van der Waals surface area (Å²) in [6, 6.07) is 12.4. The molecule has 2 aromatic carbocycles. The normalized spacial score (nSPS) is 16.3. The summed E-state index contributed by atoms with van der Waals surface area (Å²) in [5, 5.41) is 7.45. The fourth-order valence-electron chi connectivity index (χ4n) is 3.12. The molecule has 0 bridgehead atoms. The van der Waals surface area contributed by atoms with Gasteiger partial charge in [0.05, 0.1) is 18.8 Å². The summed E-state index contributed by atoms with van der Waals surface area (Å²) in [4.78, 5) is 13.4. The molecule has 2 heterocycles. The molecule has 1 aromatic heterocycles. The molecule has 1 atom stereocenters. The highest BCUT2D eigenvalue weighted by atomic mass is 19.1. The Kier molecular flexibility index (Phi) is 4.92. The van der Waals surface area contributed by atoms with E-state index in [1.807, 2.05) is 31.2 Å². The second kappa shape index (κ2) is 7.67. The van der Waals surface area contributed by atoms with Crippen LogP contribution in [0.4, 0.5) is 14.9 Å². The Bertz CT molecular complexity index is 959. The average molecular weight is 381 g/mol. The van der Waals surface area contributed by atoms with Gasteiger partial charge < -0.3 is 10.2 Å². The second-order valence-electron chi connectivity index (χ2n) is 6.59. The predicted molar refractivity (Wildman–Crippen MR) is 103 cm³/mol. The van der Waals surface area contributed by atoms with Gasteiger partial charge in [0.25, 0.3) is 0 Å². The van der Waals surface area contributed by atoms with Crippen LogP contribution in [0, 0.1) is 5.82 Å². The van der Waals surface area contributed by atoms with Crippen molar-refractivity contribution in [3.63, 3.8) is 0 Å². The first-order valence-electron chi connectivity index (χ1n) is 9.09. The van der Waals surface area contributed by atoms with Gasteiger partial charge in [-0.15, -0.1) is 10.2 Å². The first-order chi connectivity index (χ1) is 13.6. The van der Waals surface area contributed by atoms with Gasteiger partial charge in [0.1, 0.15) is 24.6 Å². The van der Waals surface area contributed by atoms with Crippen LogP contribution in [0.15, 0.2) is 55.1 Å². The van der Waals surface area contributed by atoms with Crippen molar-refractivity contribution in [1.82, 2.24) is 14.9 Å². The number of amides is 1. The highest BCUT2D eigenvalue weighted by molar-refractivity contribution is 5.90. The van der Waals surface area contributed by atoms with Gasteiger partial charge in [-0.3, -0.25) is 4.90 Å². The third-order valence-electron chi connectivity index (χ3n) is 4.74. The lowest BCUT2D eigenvalue weighted by Crippen LogP contribution is -2.24. The zero-order chi connectivity index (χ0) is 19.5. The molecule has 1 aliphatic rings. The zero-order valence-electron chi connectivity index (χ0n) is 15.4. The first-order valence-corrected chi connectivity index (χ1v) is 9.09. The van der Waals surface area contributed by atoms with E-state index in [-0.39, 0.29) is 11.9 Å². The highest BCUT2D eigenvalue weighted by Crippen LogP contribution is 2.29. The second-order valence-corrected chi connectivity index (χ2v) is 6.59. The van der Waals surface area contributed by atoms with Crippen LogP contribution in [0.2, 0.25) is 0 Å². The lowest BCUT2D eigenvalue weighted by atomic mass is 10.0. The quantitative estimate of drug-likeness (QED) is 0.707. The molecule has 0 saturated carbocycles. The number of ether oxygens (including phenoxy) is 1. The molecule has 7 nitrogen and oxygen atoms in total. The maximum Gasteiger partial charge on any atom is 0.414 e. The Morgan fingerprint density at radius 2 is 1.93 bits per heavy atom. The van der Waals surface area contributed by atoms with Gasteiger partial charge in [-0.05, 0) is 35.7 Å². The van der Waals surface area contributed by atoms with E-state index in [2.05, 4.69) is 15.6 Å². The van der Waals surface area contributed by atoms with Gasteiger partial charge in [-0.2, -0.15) is 0 Å². The van der Waals surface area contributed by atoms with Gasteiger partial charge in [0, 0.05) is 5.56 Å². The van der Waals surface area contributed by atoms with E-state index in [0.717, 1.165) is 17.5 Å². The number of nitrogens with one attached hydrogen (secondary N) is 1. The Hall–Kier alpha value is -3.42. The first kappa shape index (κ1) is 18.0. The van der Waals surface area contributed by atoms with E-state index in [1.54, 1.807) is 29.5 Å². The van der Waals surface area contributed by atoms with Crippen molar-refractivity contribution < 1.29 is 13.9 Å². The van der Waals surface area contributed by atoms with Crippen LogP contribution in [0.1, 0.15) is 18.9 Å². The van der Waals surface area contributed by atoms with Crippen molar-refractivity contribution >= 4 is 11.8 Å². The van der Waals surface area contributed by atoms with E-state index >= 15 is 0 Å². The maximum absolute atomic E-state index is 14.7. The molecule has 3 aromatic rings. The van der Waals surface area contributed by atoms with Crippen molar-refractivity contribution in [3.8, 4) is 11.1 Å². The predicted octanol–water partition coefficient (Wildman–Crippen LogP) is 3.56. The van der Waals surface area contributed by atoms with E-state index in [0.29, 0.717) is 24.3 Å². The molecule has 1 saturated heterocycles. The molecule has 0 radical (unpaired) electrons. The third-order valence-corrected chi connectivity index (χ3v) is 4.74. The summed E-state index contributed by atoms with van der Waals surface area (Å²) in [6.07, 6.45) is 3.31. The number of cyclic esters (lactones) is 1. The van der Waals surface area contributed by atoms with Crippen molar-refractivity contribution in [2.45, 2.75) is 26.0 Å². The summed E-state index contributed by atoms with van der Waals surface area (Å²) < 4.78 is 21.6. The minimum absolute atomic E-state index is 0.144. The molecule has 8 heteroatoms. The van der Waals surface area contributed by atoms with Crippen LogP contribution in [-0.4, -0.2) is 33.6 Å². The summed E-state index contributed by atoms with van der Waals surface area (Å²) in [7, 11) is 0. The summed E-state index contributed by atoms with van der Waals surface area (Å²) in [5.41, 5.74) is 5.94. The Balaban J connectivity index is 1.47. The van der Waals surface area contributed by atoms with E-state index in [9.17, 15) is 9.18 Å². The molecule has 28 heavy (non-hydrogen) atoms. The number of anilines is 1. The molecule has 0 unspecified atom stereocenters. The maximum atomic E-state index is 14.7. The number of rotatable bonds is 6. The van der Waals surface area contributed by atoms with Gasteiger partial charge in [0.2, 0.25) is 0 Å². The Morgan fingerprint density at radius 1 is 1.18 bits per heavy atom. The van der Waals surface area contributed by atoms with Gasteiger partial charge in [-0.1, -0.05) is 31.2 Å². The highest BCUT2D eigenvalue weighted by Gasteiger charge is 2.31. The molecule has 0 spiro atoms. The molecule has 1 fully saturated rings. The number of carbonyl (C=O) groups excluding carboxylic acids is 1. The van der Waals surface area contributed by atoms with E-state index < -0.39 is 6.09 Å². The lowest BCUT2D eigenvalue weighted by Gasteiger charge is -2.14. The lowest BCUT2D eigenvalue weighted by molar-refractivity contribution is 0.139. The molecule has 0 aliphatic carbocycles. The van der Waals surface area contributed by atoms with Crippen LogP contribution in [0.3, 0.4) is 0 Å². The molecule has 1 N–H and O–H groups in total. The molecule has 144 valence electrons. The van der Waals surface area contributed by atoms with Crippen molar-refractivity contribution in [1.29, 1.82) is 0 Å². The summed E-state index contributed by atoms with van der Waals surface area (Å²) in [6.45, 7) is 2.99. The number of hydrogen-bond donors (Lipinski definition) is 1. The number of aromatic nitrogens is 3. The van der Waals surface area contributed by atoms with Crippen LogP contribution in [0.25, 0.3) is 11.1 Å². The summed E-state index contributed by atoms with van der Waals surface area (Å²) in [5.74, 6) is -0.374. The minimum Gasteiger partial charge on any atom is -0.444 e. The number of nitrogens with zero attached hydrogens (tertiary/aromatic N) is 4. The monoisotopic (exact) mass is 381 g/mol. The number of benzene rings is 2. The van der Waals surface area contributed by atoms with Crippen molar-refractivity contribution in [2.75, 3.05) is 16.9 Å². The van der Waals surface area contributed by atoms with Crippen molar-refractivity contribution in [2.24, 2.45) is 0 Å². The topological polar surface area (TPSA) is 72.3 Å². The van der Waals surface area contributed by atoms with Crippen LogP contribution >= 0.6 is 0 Å². The Morgan fingerprint density at radius 3 is 2.57 bits per heavy atom. The molecular weight excluding hydrogens is 361 g/mol.